The Kier molecular flexibility index (Phi) is 5.18. The van der Waals surface area contributed by atoms with Gasteiger partial charge in [-0.3, -0.25) is 0 Å². The second-order valence-electron chi connectivity index (χ2n) is 4.99. The van der Waals surface area contributed by atoms with E-state index < -0.39 is 0 Å². The molecule has 2 heterocycles. The number of aromatic nitrogens is 2. The number of benzene rings is 2. The fraction of sp³-hybridized carbons (Fsp3) is 0. The van der Waals surface area contributed by atoms with Crippen LogP contribution in [-0.2, 0) is 0 Å². The number of pyridine rings is 2. The smallest absolute Gasteiger partial charge is 0.108 e. The van der Waals surface area contributed by atoms with Gasteiger partial charge in [-0.05, 0) is 65.5 Å². The van der Waals surface area contributed by atoms with Crippen LogP contribution in [-0.4, -0.2) is 9.97 Å². The summed E-state index contributed by atoms with van der Waals surface area (Å²) in [6, 6.07) is 24.7. The van der Waals surface area contributed by atoms with E-state index >= 15 is 0 Å². The van der Waals surface area contributed by atoms with Crippen molar-refractivity contribution in [3.63, 3.8) is 0 Å². The molecule has 4 rings (SSSR count). The summed E-state index contributed by atoms with van der Waals surface area (Å²) in [6.45, 7) is 0. The minimum atomic E-state index is 1.03. The molecular formula is C18H12N2S4. The zero-order valence-electron chi connectivity index (χ0n) is 12.5. The Hall–Kier alpha value is -1.34. The van der Waals surface area contributed by atoms with Gasteiger partial charge < -0.3 is 0 Å². The van der Waals surface area contributed by atoms with Crippen molar-refractivity contribution in [3.8, 4) is 0 Å². The minimum Gasteiger partial charge on any atom is -0.241 e. The fourth-order valence-electron chi connectivity index (χ4n) is 2.28. The van der Waals surface area contributed by atoms with Crippen LogP contribution < -0.4 is 0 Å². The number of rotatable bonds is 5. The van der Waals surface area contributed by atoms with Crippen LogP contribution in [0.15, 0.2) is 82.8 Å². The summed E-state index contributed by atoms with van der Waals surface area (Å²) in [5, 5.41) is 4.40. The molecule has 0 saturated carbocycles. The molecule has 6 heteroatoms. The molecule has 0 spiro atoms. The highest BCUT2D eigenvalue weighted by Crippen LogP contribution is 2.48. The average Bonchev–Trinajstić information content (AvgIpc) is 2.65. The van der Waals surface area contributed by atoms with Crippen LogP contribution in [0, 0.1) is 0 Å². The number of hydrogen-bond acceptors (Lipinski definition) is 6. The molecule has 0 amide bonds. The van der Waals surface area contributed by atoms with Gasteiger partial charge in [-0.25, -0.2) is 9.97 Å². The zero-order chi connectivity index (χ0) is 16.2. The summed E-state index contributed by atoms with van der Waals surface area (Å²) in [6.07, 6.45) is 0. The van der Waals surface area contributed by atoms with Crippen LogP contribution in [0.25, 0.3) is 21.8 Å². The van der Waals surface area contributed by atoms with Crippen molar-refractivity contribution < 1.29 is 0 Å². The van der Waals surface area contributed by atoms with E-state index in [1.807, 2.05) is 36.4 Å². The van der Waals surface area contributed by atoms with Gasteiger partial charge in [0.1, 0.15) is 10.1 Å². The van der Waals surface area contributed by atoms with Gasteiger partial charge in [0.2, 0.25) is 0 Å². The Balaban J connectivity index is 1.36. The van der Waals surface area contributed by atoms with E-state index in [9.17, 15) is 0 Å². The normalized spacial score (nSPS) is 11.2. The van der Waals surface area contributed by atoms with Gasteiger partial charge in [0, 0.05) is 10.8 Å². The van der Waals surface area contributed by atoms with E-state index in [1.54, 1.807) is 41.2 Å². The molecule has 0 N–H and O–H groups in total. The molecule has 0 radical (unpaired) electrons. The lowest BCUT2D eigenvalue weighted by Crippen LogP contribution is -1.80. The highest BCUT2D eigenvalue weighted by Gasteiger charge is 2.03. The van der Waals surface area contributed by atoms with Gasteiger partial charge in [-0.15, -0.1) is 0 Å². The molecule has 24 heavy (non-hydrogen) atoms. The van der Waals surface area contributed by atoms with E-state index in [0.717, 1.165) is 21.1 Å². The van der Waals surface area contributed by atoms with Crippen LogP contribution in [0.4, 0.5) is 0 Å². The second kappa shape index (κ2) is 7.70. The summed E-state index contributed by atoms with van der Waals surface area (Å²) in [4.78, 5) is 9.33. The highest BCUT2D eigenvalue weighted by molar-refractivity contribution is 9.26. The van der Waals surface area contributed by atoms with E-state index in [-0.39, 0.29) is 0 Å². The molecule has 0 aliphatic carbocycles. The summed E-state index contributed by atoms with van der Waals surface area (Å²) < 4.78 is 0. The first-order valence-corrected chi connectivity index (χ1v) is 12.1. The lowest BCUT2D eigenvalue weighted by Gasteiger charge is -2.03. The van der Waals surface area contributed by atoms with Gasteiger partial charge in [0.15, 0.2) is 0 Å². The fourth-order valence-corrected chi connectivity index (χ4v) is 7.40. The van der Waals surface area contributed by atoms with Crippen molar-refractivity contribution in [1.29, 1.82) is 0 Å². The van der Waals surface area contributed by atoms with Crippen LogP contribution in [0.1, 0.15) is 0 Å². The minimum absolute atomic E-state index is 1.03. The molecule has 118 valence electrons. The number of nitrogens with zero attached hydrogens (tertiary/aromatic N) is 2. The molecule has 0 aliphatic rings. The standard InChI is InChI=1S/C18H12N2S4/c1-3-7-15-13(5-1)9-11-17(19-15)21-23-24-22-18-12-10-14-6-2-4-8-16(14)20-18/h1-12H. The maximum absolute atomic E-state index is 4.66. The third-order valence-corrected chi connectivity index (χ3v) is 9.22. The maximum Gasteiger partial charge on any atom is 0.108 e. The van der Waals surface area contributed by atoms with Crippen LogP contribution >= 0.6 is 41.2 Å². The van der Waals surface area contributed by atoms with Gasteiger partial charge in [-0.2, -0.15) is 0 Å². The van der Waals surface area contributed by atoms with Crippen LogP contribution in [0.2, 0.25) is 0 Å². The molecule has 0 aliphatic heterocycles. The van der Waals surface area contributed by atoms with Crippen molar-refractivity contribution >= 4 is 63.0 Å². The van der Waals surface area contributed by atoms with Crippen LogP contribution in [0.3, 0.4) is 0 Å². The molecule has 0 bridgehead atoms. The Bertz CT molecular complexity index is 909. The Labute approximate surface area is 155 Å². The number of para-hydroxylation sites is 2. The summed E-state index contributed by atoms with van der Waals surface area (Å²) in [5.41, 5.74) is 2.08. The number of fused-ring (bicyclic) bond motifs is 2. The zero-order valence-corrected chi connectivity index (χ0v) is 15.7. The van der Waals surface area contributed by atoms with Crippen molar-refractivity contribution in [3.05, 3.63) is 72.8 Å². The predicted molar refractivity (Wildman–Crippen MR) is 110 cm³/mol. The van der Waals surface area contributed by atoms with E-state index in [4.69, 9.17) is 0 Å². The van der Waals surface area contributed by atoms with Gasteiger partial charge in [0.05, 0.1) is 11.0 Å². The molecular weight excluding hydrogens is 372 g/mol. The van der Waals surface area contributed by atoms with E-state index in [1.165, 1.54) is 10.8 Å². The molecule has 0 unspecified atom stereocenters. The lowest BCUT2D eigenvalue weighted by molar-refractivity contribution is 1.20. The SMILES string of the molecule is c1ccc2nc(SSSSc3ccc4ccccc4n3)ccc2c1. The first-order chi connectivity index (χ1) is 11.9. The molecule has 2 aromatic heterocycles. The maximum atomic E-state index is 4.66. The third-order valence-electron chi connectivity index (χ3n) is 3.41. The van der Waals surface area contributed by atoms with Crippen molar-refractivity contribution in [2.75, 3.05) is 0 Å². The lowest BCUT2D eigenvalue weighted by atomic mass is 10.2. The van der Waals surface area contributed by atoms with E-state index in [2.05, 4.69) is 46.4 Å². The topological polar surface area (TPSA) is 25.8 Å². The van der Waals surface area contributed by atoms with Gasteiger partial charge in [0.25, 0.3) is 0 Å². The highest BCUT2D eigenvalue weighted by atomic mass is 33.7. The van der Waals surface area contributed by atoms with E-state index in [0.29, 0.717) is 0 Å². The first kappa shape index (κ1) is 16.1. The van der Waals surface area contributed by atoms with Gasteiger partial charge in [-0.1, -0.05) is 48.5 Å². The number of hydrogen-bond donors (Lipinski definition) is 0. The first-order valence-electron chi connectivity index (χ1n) is 7.28. The second-order valence-corrected chi connectivity index (χ2v) is 10.7. The Morgan fingerprint density at radius 2 is 0.958 bits per heavy atom. The average molecular weight is 385 g/mol. The summed E-state index contributed by atoms with van der Waals surface area (Å²) >= 11 is 0. The van der Waals surface area contributed by atoms with Crippen LogP contribution in [0.5, 0.6) is 0 Å². The van der Waals surface area contributed by atoms with Crippen molar-refractivity contribution in [1.82, 2.24) is 9.97 Å². The molecule has 2 aromatic carbocycles. The molecule has 4 aromatic rings. The molecule has 0 fully saturated rings. The predicted octanol–water partition coefficient (Wildman–Crippen LogP) is 6.88. The summed E-state index contributed by atoms with van der Waals surface area (Å²) in [7, 11) is 6.77. The Morgan fingerprint density at radius 3 is 1.46 bits per heavy atom. The van der Waals surface area contributed by atoms with Crippen molar-refractivity contribution in [2.45, 2.75) is 10.1 Å². The Morgan fingerprint density at radius 1 is 0.500 bits per heavy atom. The molecule has 0 atom stereocenters. The van der Waals surface area contributed by atoms with Gasteiger partial charge >= 0.3 is 0 Å². The summed E-state index contributed by atoms with van der Waals surface area (Å²) in [5.74, 6) is 0. The largest absolute Gasteiger partial charge is 0.241 e. The van der Waals surface area contributed by atoms with Crippen molar-refractivity contribution in [2.24, 2.45) is 0 Å². The molecule has 0 saturated heterocycles. The molecule has 2 nitrogen and oxygen atoms in total. The quantitative estimate of drug-likeness (QED) is 0.275. The monoisotopic (exact) mass is 384 g/mol. The third kappa shape index (κ3) is 3.83.